The Morgan fingerprint density at radius 1 is 1.15 bits per heavy atom. The van der Waals surface area contributed by atoms with E-state index in [0.29, 0.717) is 29.3 Å². The normalized spacial score (nSPS) is 12.8. The highest BCUT2D eigenvalue weighted by Gasteiger charge is 2.10. The summed E-state index contributed by atoms with van der Waals surface area (Å²) < 4.78 is 5.57. The molecule has 142 valence electrons. The number of rotatable bonds is 9. The van der Waals surface area contributed by atoms with Gasteiger partial charge in [0, 0.05) is 29.6 Å². The number of nitrogens with one attached hydrogen (secondary N) is 1. The zero-order chi connectivity index (χ0) is 18.2. The van der Waals surface area contributed by atoms with Gasteiger partial charge in [0.2, 0.25) is 0 Å². The average molecular weight is 398 g/mol. The van der Waals surface area contributed by atoms with Crippen LogP contribution in [0.5, 0.6) is 5.75 Å². The molecule has 0 bridgehead atoms. The standard InChI is InChI=1S/C20H24ClNO3.ClH/c1-3-20(24)16-6-10-19(11-7-16)25-13-18(23)12-22-14(2)15-4-8-17(21)9-5-15;/h4-11,14,18,22-23H,3,12-13H2,1-2H3;1H. The third kappa shape index (κ3) is 6.96. The van der Waals surface area contributed by atoms with Gasteiger partial charge in [-0.15, -0.1) is 12.4 Å². The van der Waals surface area contributed by atoms with E-state index in [1.807, 2.05) is 38.1 Å². The Hall–Kier alpha value is -1.59. The van der Waals surface area contributed by atoms with Gasteiger partial charge >= 0.3 is 0 Å². The van der Waals surface area contributed by atoms with Crippen molar-refractivity contribution < 1.29 is 14.6 Å². The lowest BCUT2D eigenvalue weighted by molar-refractivity contribution is 0.0986. The Labute approximate surface area is 165 Å². The van der Waals surface area contributed by atoms with Crippen LogP contribution in [0.4, 0.5) is 0 Å². The molecule has 6 heteroatoms. The minimum absolute atomic E-state index is 0. The van der Waals surface area contributed by atoms with Crippen molar-refractivity contribution in [1.29, 1.82) is 0 Å². The van der Waals surface area contributed by atoms with Gasteiger partial charge in [-0.25, -0.2) is 0 Å². The summed E-state index contributed by atoms with van der Waals surface area (Å²) in [7, 11) is 0. The molecule has 0 saturated heterocycles. The van der Waals surface area contributed by atoms with Crippen molar-refractivity contribution in [3.8, 4) is 5.75 Å². The Balaban J connectivity index is 0.00000338. The van der Waals surface area contributed by atoms with Crippen molar-refractivity contribution >= 4 is 29.8 Å². The SMILES string of the molecule is CCC(=O)c1ccc(OCC(O)CNC(C)c2ccc(Cl)cc2)cc1.Cl. The number of benzene rings is 2. The molecule has 4 nitrogen and oxygen atoms in total. The molecule has 0 saturated carbocycles. The number of carbonyl (C=O) groups excluding carboxylic acids is 1. The van der Waals surface area contributed by atoms with Crippen LogP contribution in [0.1, 0.15) is 42.2 Å². The maximum atomic E-state index is 11.6. The lowest BCUT2D eigenvalue weighted by Crippen LogP contribution is -2.33. The zero-order valence-corrected chi connectivity index (χ0v) is 16.5. The van der Waals surface area contributed by atoms with Gasteiger partial charge in [0.05, 0.1) is 0 Å². The molecule has 0 heterocycles. The van der Waals surface area contributed by atoms with Crippen LogP contribution in [0.15, 0.2) is 48.5 Å². The van der Waals surface area contributed by atoms with Crippen LogP contribution in [0.25, 0.3) is 0 Å². The Morgan fingerprint density at radius 2 is 1.77 bits per heavy atom. The molecule has 0 aromatic heterocycles. The predicted molar refractivity (Wildman–Crippen MR) is 108 cm³/mol. The summed E-state index contributed by atoms with van der Waals surface area (Å²) in [5.41, 5.74) is 1.78. The summed E-state index contributed by atoms with van der Waals surface area (Å²) >= 11 is 5.88. The Kier molecular flexibility index (Phi) is 9.66. The first-order chi connectivity index (χ1) is 12.0. The summed E-state index contributed by atoms with van der Waals surface area (Å²) in [5.74, 6) is 0.740. The fraction of sp³-hybridized carbons (Fsp3) is 0.350. The molecule has 0 amide bonds. The number of carbonyl (C=O) groups is 1. The van der Waals surface area contributed by atoms with Crippen molar-refractivity contribution in [2.24, 2.45) is 0 Å². The van der Waals surface area contributed by atoms with E-state index in [-0.39, 0.29) is 30.8 Å². The molecule has 0 aliphatic heterocycles. The molecule has 0 fully saturated rings. The van der Waals surface area contributed by atoms with Crippen molar-refractivity contribution in [2.75, 3.05) is 13.2 Å². The topological polar surface area (TPSA) is 58.6 Å². The molecular formula is C20H25Cl2NO3. The second-order valence-electron chi connectivity index (χ2n) is 5.95. The van der Waals surface area contributed by atoms with Gasteiger partial charge in [-0.1, -0.05) is 30.7 Å². The molecule has 2 rings (SSSR count). The highest BCUT2D eigenvalue weighted by Crippen LogP contribution is 2.16. The van der Waals surface area contributed by atoms with E-state index >= 15 is 0 Å². The second-order valence-corrected chi connectivity index (χ2v) is 6.38. The molecule has 0 radical (unpaired) electrons. The number of Topliss-reactive ketones (excluding diaryl/α,β-unsaturated/α-hetero) is 1. The molecule has 26 heavy (non-hydrogen) atoms. The number of hydrogen-bond donors (Lipinski definition) is 2. The quantitative estimate of drug-likeness (QED) is 0.613. The van der Waals surface area contributed by atoms with Crippen LogP contribution >= 0.6 is 24.0 Å². The average Bonchev–Trinajstić information content (AvgIpc) is 2.64. The van der Waals surface area contributed by atoms with Crippen LogP contribution < -0.4 is 10.1 Å². The van der Waals surface area contributed by atoms with E-state index in [4.69, 9.17) is 16.3 Å². The van der Waals surface area contributed by atoms with Gasteiger partial charge in [-0.3, -0.25) is 4.79 Å². The minimum Gasteiger partial charge on any atom is -0.491 e. The Morgan fingerprint density at radius 3 is 2.35 bits per heavy atom. The van der Waals surface area contributed by atoms with Crippen LogP contribution in [-0.2, 0) is 0 Å². The molecular weight excluding hydrogens is 373 g/mol. The summed E-state index contributed by atoms with van der Waals surface area (Å²) in [4.78, 5) is 11.6. The molecule has 2 aromatic rings. The van der Waals surface area contributed by atoms with Crippen LogP contribution in [0.3, 0.4) is 0 Å². The number of ketones is 1. The van der Waals surface area contributed by atoms with E-state index < -0.39 is 6.10 Å². The highest BCUT2D eigenvalue weighted by atomic mass is 35.5. The third-order valence-electron chi connectivity index (χ3n) is 3.97. The monoisotopic (exact) mass is 397 g/mol. The first-order valence-corrected chi connectivity index (χ1v) is 8.80. The van der Waals surface area contributed by atoms with Crippen LogP contribution in [0, 0.1) is 0 Å². The van der Waals surface area contributed by atoms with Gasteiger partial charge < -0.3 is 15.2 Å². The van der Waals surface area contributed by atoms with Gasteiger partial charge in [0.15, 0.2) is 5.78 Å². The molecule has 2 N–H and O–H groups in total. The van der Waals surface area contributed by atoms with E-state index in [2.05, 4.69) is 5.32 Å². The molecule has 2 aromatic carbocycles. The number of aliphatic hydroxyl groups is 1. The van der Waals surface area contributed by atoms with Gasteiger partial charge in [0.1, 0.15) is 18.5 Å². The van der Waals surface area contributed by atoms with E-state index in [0.717, 1.165) is 5.56 Å². The molecule has 2 unspecified atom stereocenters. The fourth-order valence-corrected chi connectivity index (χ4v) is 2.50. The minimum atomic E-state index is -0.633. The summed E-state index contributed by atoms with van der Waals surface area (Å²) in [6, 6.07) is 14.7. The van der Waals surface area contributed by atoms with Crippen molar-refractivity contribution in [1.82, 2.24) is 5.32 Å². The maximum absolute atomic E-state index is 11.6. The van der Waals surface area contributed by atoms with Crippen molar-refractivity contribution in [3.63, 3.8) is 0 Å². The fourth-order valence-electron chi connectivity index (χ4n) is 2.37. The van der Waals surface area contributed by atoms with Crippen molar-refractivity contribution in [3.05, 3.63) is 64.7 Å². The van der Waals surface area contributed by atoms with Gasteiger partial charge in [-0.05, 0) is 48.9 Å². The van der Waals surface area contributed by atoms with Crippen LogP contribution in [0.2, 0.25) is 5.02 Å². The summed E-state index contributed by atoms with van der Waals surface area (Å²) in [6.07, 6.45) is -0.150. The van der Waals surface area contributed by atoms with Crippen LogP contribution in [-0.4, -0.2) is 30.1 Å². The van der Waals surface area contributed by atoms with Crippen molar-refractivity contribution in [2.45, 2.75) is 32.4 Å². The first-order valence-electron chi connectivity index (χ1n) is 8.42. The van der Waals surface area contributed by atoms with E-state index in [1.54, 1.807) is 24.3 Å². The summed E-state index contributed by atoms with van der Waals surface area (Å²) in [5, 5.41) is 14.0. The smallest absolute Gasteiger partial charge is 0.162 e. The number of hydrogen-bond acceptors (Lipinski definition) is 4. The molecule has 2 atom stereocenters. The largest absolute Gasteiger partial charge is 0.491 e. The first kappa shape index (κ1) is 22.5. The lowest BCUT2D eigenvalue weighted by Gasteiger charge is -2.18. The van der Waals surface area contributed by atoms with E-state index in [9.17, 15) is 9.90 Å². The van der Waals surface area contributed by atoms with Gasteiger partial charge in [0.25, 0.3) is 0 Å². The lowest BCUT2D eigenvalue weighted by atomic mass is 10.1. The highest BCUT2D eigenvalue weighted by molar-refractivity contribution is 6.30. The number of aliphatic hydroxyl groups excluding tert-OH is 1. The second kappa shape index (κ2) is 11.2. The van der Waals surface area contributed by atoms with Gasteiger partial charge in [-0.2, -0.15) is 0 Å². The van der Waals surface area contributed by atoms with E-state index in [1.165, 1.54) is 0 Å². The predicted octanol–water partition coefficient (Wildman–Crippen LogP) is 4.45. The third-order valence-corrected chi connectivity index (χ3v) is 4.22. The Bertz CT molecular complexity index is 674. The molecule has 0 spiro atoms. The molecule has 0 aliphatic rings. The summed E-state index contributed by atoms with van der Waals surface area (Å²) in [6.45, 7) is 4.46. The maximum Gasteiger partial charge on any atom is 0.162 e. The number of halogens is 2. The zero-order valence-electron chi connectivity index (χ0n) is 14.9. The number of ether oxygens (including phenoxy) is 1. The molecule has 0 aliphatic carbocycles.